The maximum atomic E-state index is 13.2. The van der Waals surface area contributed by atoms with E-state index in [4.69, 9.17) is 4.74 Å². The molecule has 0 saturated carbocycles. The molecule has 0 aliphatic heterocycles. The van der Waals surface area contributed by atoms with E-state index >= 15 is 0 Å². The van der Waals surface area contributed by atoms with Gasteiger partial charge in [-0.2, -0.15) is 5.10 Å². The van der Waals surface area contributed by atoms with Gasteiger partial charge in [0.2, 0.25) is 0 Å². The lowest BCUT2D eigenvalue weighted by molar-refractivity contribution is 0.392. The van der Waals surface area contributed by atoms with Gasteiger partial charge >= 0.3 is 0 Å². The van der Waals surface area contributed by atoms with Crippen LogP contribution in [0.25, 0.3) is 10.9 Å². The molecule has 0 radical (unpaired) electrons. The molecule has 4 heteroatoms. The number of hydrogen-bond acceptors (Lipinski definition) is 2. The molecule has 1 N–H and O–H groups in total. The van der Waals surface area contributed by atoms with Gasteiger partial charge in [-0.15, -0.1) is 0 Å². The van der Waals surface area contributed by atoms with Crippen LogP contribution < -0.4 is 4.74 Å². The lowest BCUT2D eigenvalue weighted by Crippen LogP contribution is -1.89. The summed E-state index contributed by atoms with van der Waals surface area (Å²) in [4.78, 5) is 0. The maximum Gasteiger partial charge on any atom is 0.165 e. The summed E-state index contributed by atoms with van der Waals surface area (Å²) in [6.07, 6.45) is 0. The molecule has 0 unspecified atom stereocenters. The first-order valence-electron chi connectivity index (χ1n) is 4.91. The van der Waals surface area contributed by atoms with Gasteiger partial charge in [0, 0.05) is 5.69 Å². The van der Waals surface area contributed by atoms with Crippen molar-refractivity contribution in [3.8, 4) is 5.75 Å². The second-order valence-corrected chi connectivity index (χ2v) is 2.82. The number of methoxy groups -OCH3 is 1. The monoisotopic (exact) mass is 210 g/mol. The van der Waals surface area contributed by atoms with Crippen LogP contribution in [0.5, 0.6) is 5.75 Å². The highest BCUT2D eigenvalue weighted by Gasteiger charge is 2.11. The van der Waals surface area contributed by atoms with Gasteiger partial charge in [0.05, 0.1) is 18.0 Å². The summed E-state index contributed by atoms with van der Waals surface area (Å²) in [5.74, 6) is -0.108. The molecule has 3 nitrogen and oxygen atoms in total. The van der Waals surface area contributed by atoms with E-state index < -0.39 is 0 Å². The van der Waals surface area contributed by atoms with Crippen LogP contribution >= 0.6 is 0 Å². The maximum absolute atomic E-state index is 13.2. The number of rotatable bonds is 1. The minimum atomic E-state index is -0.362. The van der Waals surface area contributed by atoms with Crippen molar-refractivity contribution in [3.63, 3.8) is 0 Å². The van der Waals surface area contributed by atoms with Gasteiger partial charge in [-0.1, -0.05) is 13.8 Å². The second kappa shape index (κ2) is 4.77. The number of aromatic amines is 1. The van der Waals surface area contributed by atoms with E-state index in [1.54, 1.807) is 6.07 Å². The van der Waals surface area contributed by atoms with E-state index in [0.29, 0.717) is 5.39 Å². The molecule has 1 heterocycles. The van der Waals surface area contributed by atoms with Crippen molar-refractivity contribution < 1.29 is 9.13 Å². The van der Waals surface area contributed by atoms with Gasteiger partial charge in [0.1, 0.15) is 0 Å². The Morgan fingerprint density at radius 1 is 1.33 bits per heavy atom. The van der Waals surface area contributed by atoms with Gasteiger partial charge in [0.25, 0.3) is 0 Å². The van der Waals surface area contributed by atoms with Crippen LogP contribution in [0.3, 0.4) is 0 Å². The fourth-order valence-corrected chi connectivity index (χ4v) is 1.40. The van der Waals surface area contributed by atoms with Crippen molar-refractivity contribution in [1.29, 1.82) is 0 Å². The summed E-state index contributed by atoms with van der Waals surface area (Å²) < 4.78 is 18.2. The third kappa shape index (κ3) is 1.93. The molecule has 15 heavy (non-hydrogen) atoms. The number of aryl methyl sites for hydroxylation is 1. The SMILES string of the molecule is CC.COc1c(F)ccc2n[nH]c(C)c12. The fraction of sp³-hybridized carbons (Fsp3) is 0.364. The van der Waals surface area contributed by atoms with Crippen LogP contribution in [0, 0.1) is 12.7 Å². The normalized spacial score (nSPS) is 9.67. The van der Waals surface area contributed by atoms with E-state index in [1.807, 2.05) is 20.8 Å². The zero-order valence-electron chi connectivity index (χ0n) is 9.39. The Bertz CT molecular complexity index is 451. The highest BCUT2D eigenvalue weighted by molar-refractivity contribution is 5.87. The Balaban J connectivity index is 0.000000531. The van der Waals surface area contributed by atoms with E-state index in [-0.39, 0.29) is 11.6 Å². The van der Waals surface area contributed by atoms with E-state index in [0.717, 1.165) is 11.2 Å². The first kappa shape index (κ1) is 11.5. The summed E-state index contributed by atoms with van der Waals surface area (Å²) in [6.45, 7) is 5.83. The Labute approximate surface area is 88.3 Å². The van der Waals surface area contributed by atoms with E-state index in [1.165, 1.54) is 13.2 Å². The minimum absolute atomic E-state index is 0.253. The molecular weight excluding hydrogens is 195 g/mol. The number of aromatic nitrogens is 2. The van der Waals surface area contributed by atoms with Crippen molar-refractivity contribution >= 4 is 10.9 Å². The Morgan fingerprint density at radius 2 is 2.00 bits per heavy atom. The molecule has 82 valence electrons. The predicted octanol–water partition coefficient (Wildman–Crippen LogP) is 3.05. The predicted molar refractivity (Wildman–Crippen MR) is 58.7 cm³/mol. The Morgan fingerprint density at radius 3 is 2.60 bits per heavy atom. The van der Waals surface area contributed by atoms with Gasteiger partial charge in [-0.05, 0) is 19.1 Å². The minimum Gasteiger partial charge on any atom is -0.493 e. The lowest BCUT2D eigenvalue weighted by atomic mass is 10.2. The first-order valence-corrected chi connectivity index (χ1v) is 4.91. The van der Waals surface area contributed by atoms with Crippen molar-refractivity contribution in [1.82, 2.24) is 10.2 Å². The lowest BCUT2D eigenvalue weighted by Gasteiger charge is -2.02. The van der Waals surface area contributed by atoms with Crippen LogP contribution in [0.15, 0.2) is 12.1 Å². The number of benzene rings is 1. The molecule has 0 aliphatic carbocycles. The molecule has 0 atom stereocenters. The molecule has 0 amide bonds. The van der Waals surface area contributed by atoms with Crippen molar-refractivity contribution in [2.45, 2.75) is 20.8 Å². The quantitative estimate of drug-likeness (QED) is 0.785. The average Bonchev–Trinajstić information content (AvgIpc) is 2.64. The largest absolute Gasteiger partial charge is 0.493 e. The smallest absolute Gasteiger partial charge is 0.165 e. The molecule has 0 bridgehead atoms. The standard InChI is InChI=1S/C9H9FN2O.C2H6/c1-5-8-7(12-11-5)4-3-6(10)9(8)13-2;1-2/h3-4H,1-2H3,(H,11,12);1-2H3. The highest BCUT2D eigenvalue weighted by atomic mass is 19.1. The first-order chi connectivity index (χ1) is 7.24. The molecule has 1 aromatic carbocycles. The van der Waals surface area contributed by atoms with Crippen molar-refractivity contribution in [2.24, 2.45) is 0 Å². The van der Waals surface area contributed by atoms with Crippen molar-refractivity contribution in [2.75, 3.05) is 7.11 Å². The molecule has 0 saturated heterocycles. The third-order valence-electron chi connectivity index (χ3n) is 2.01. The summed E-state index contributed by atoms with van der Waals surface area (Å²) >= 11 is 0. The van der Waals surface area contributed by atoms with Gasteiger partial charge in [-0.3, -0.25) is 5.10 Å². The third-order valence-corrected chi connectivity index (χ3v) is 2.01. The van der Waals surface area contributed by atoms with Gasteiger partial charge < -0.3 is 4.74 Å². The van der Waals surface area contributed by atoms with Crippen molar-refractivity contribution in [3.05, 3.63) is 23.6 Å². The van der Waals surface area contributed by atoms with Gasteiger partial charge in [-0.25, -0.2) is 4.39 Å². The number of nitrogens with one attached hydrogen (secondary N) is 1. The number of fused-ring (bicyclic) bond motifs is 1. The van der Waals surface area contributed by atoms with Crippen LogP contribution in [-0.2, 0) is 0 Å². The second-order valence-electron chi connectivity index (χ2n) is 2.82. The molecule has 2 aromatic rings. The molecule has 0 fully saturated rings. The number of halogens is 1. The van der Waals surface area contributed by atoms with Gasteiger partial charge in [0.15, 0.2) is 11.6 Å². The van der Waals surface area contributed by atoms with Crippen LogP contribution in [0.1, 0.15) is 19.5 Å². The van der Waals surface area contributed by atoms with E-state index in [9.17, 15) is 4.39 Å². The Kier molecular flexibility index (Phi) is 3.66. The molecule has 0 spiro atoms. The van der Waals surface area contributed by atoms with E-state index in [2.05, 4.69) is 10.2 Å². The number of nitrogens with zero attached hydrogens (tertiary/aromatic N) is 1. The number of H-pyrrole nitrogens is 1. The molecule has 2 rings (SSSR count). The number of ether oxygens (including phenoxy) is 1. The highest BCUT2D eigenvalue weighted by Crippen LogP contribution is 2.29. The summed E-state index contributed by atoms with van der Waals surface area (Å²) in [5.41, 5.74) is 1.53. The number of hydrogen-bond donors (Lipinski definition) is 1. The zero-order valence-corrected chi connectivity index (χ0v) is 9.39. The zero-order chi connectivity index (χ0) is 11.4. The summed E-state index contributed by atoms with van der Waals surface area (Å²) in [7, 11) is 1.45. The van der Waals surface area contributed by atoms with Crippen LogP contribution in [0.2, 0.25) is 0 Å². The van der Waals surface area contributed by atoms with Crippen LogP contribution in [0.4, 0.5) is 4.39 Å². The average molecular weight is 210 g/mol. The van der Waals surface area contributed by atoms with Crippen LogP contribution in [-0.4, -0.2) is 17.3 Å². The summed E-state index contributed by atoms with van der Waals surface area (Å²) in [6, 6.07) is 2.97. The molecular formula is C11H15FN2O. The molecule has 0 aliphatic rings. The topological polar surface area (TPSA) is 37.9 Å². The summed E-state index contributed by atoms with van der Waals surface area (Å²) in [5, 5.41) is 7.49. The molecule has 1 aromatic heterocycles. The Hall–Kier alpha value is -1.58. The fourth-order valence-electron chi connectivity index (χ4n) is 1.40.